The minimum absolute atomic E-state index is 0.251. The molecule has 0 saturated carbocycles. The van der Waals surface area contributed by atoms with Gasteiger partial charge in [-0.1, -0.05) is 12.1 Å². The largest absolute Gasteiger partial charge is 0.496 e. The molecule has 0 saturated heterocycles. The second kappa shape index (κ2) is 13.4. The monoisotopic (exact) mass is 532 g/mol. The Morgan fingerprint density at radius 1 is 0.718 bits per heavy atom. The summed E-state index contributed by atoms with van der Waals surface area (Å²) in [5, 5.41) is 8.56. The molecule has 0 aliphatic carbocycles. The first kappa shape index (κ1) is 29.2. The first-order valence-corrected chi connectivity index (χ1v) is 12.6. The molecule has 3 aromatic rings. The highest BCUT2D eigenvalue weighted by molar-refractivity contribution is 6.11. The molecule has 3 aromatic carbocycles. The van der Waals surface area contributed by atoms with Gasteiger partial charge in [-0.05, 0) is 94.5 Å². The quantitative estimate of drug-likeness (QED) is 0.314. The zero-order valence-electron chi connectivity index (χ0n) is 23.3. The van der Waals surface area contributed by atoms with E-state index < -0.39 is 5.91 Å². The Labute approximate surface area is 229 Å². The van der Waals surface area contributed by atoms with Crippen LogP contribution in [0.1, 0.15) is 48.6 Å². The van der Waals surface area contributed by atoms with Crippen molar-refractivity contribution in [2.24, 2.45) is 0 Å². The molecular formula is C30H36N4O5. The maximum atomic E-state index is 13.3. The molecule has 0 spiro atoms. The number of amides is 3. The van der Waals surface area contributed by atoms with Crippen LogP contribution in [0.4, 0.5) is 11.4 Å². The van der Waals surface area contributed by atoms with Gasteiger partial charge in [0.1, 0.15) is 11.5 Å². The molecule has 0 aliphatic rings. The number of carbonyl (C=O) groups excluding carboxylic acids is 3. The summed E-state index contributed by atoms with van der Waals surface area (Å²) in [6.07, 6.45) is 0.771. The fourth-order valence-corrected chi connectivity index (χ4v) is 3.98. The van der Waals surface area contributed by atoms with Gasteiger partial charge in [0, 0.05) is 12.2 Å². The van der Waals surface area contributed by atoms with Gasteiger partial charge in [0.2, 0.25) is 0 Å². The molecule has 39 heavy (non-hydrogen) atoms. The Morgan fingerprint density at radius 3 is 1.79 bits per heavy atom. The van der Waals surface area contributed by atoms with Crippen molar-refractivity contribution in [3.8, 4) is 11.5 Å². The predicted molar refractivity (Wildman–Crippen MR) is 153 cm³/mol. The average molecular weight is 533 g/mol. The molecule has 0 unspecified atom stereocenters. The summed E-state index contributed by atoms with van der Waals surface area (Å²) in [6, 6.07) is 15.3. The third-order valence-corrected chi connectivity index (χ3v) is 6.04. The van der Waals surface area contributed by atoms with Gasteiger partial charge in [-0.25, -0.2) is 0 Å². The van der Waals surface area contributed by atoms with Crippen LogP contribution in [-0.4, -0.2) is 64.0 Å². The highest BCUT2D eigenvalue weighted by Gasteiger charge is 2.19. The van der Waals surface area contributed by atoms with E-state index in [-0.39, 0.29) is 23.1 Å². The molecule has 9 nitrogen and oxygen atoms in total. The average Bonchev–Trinajstić information content (AvgIpc) is 2.90. The van der Waals surface area contributed by atoms with Crippen molar-refractivity contribution in [1.82, 2.24) is 10.2 Å². The van der Waals surface area contributed by atoms with Crippen molar-refractivity contribution in [3.63, 3.8) is 0 Å². The van der Waals surface area contributed by atoms with Gasteiger partial charge in [0.05, 0.1) is 36.6 Å². The van der Waals surface area contributed by atoms with Gasteiger partial charge < -0.3 is 30.3 Å². The van der Waals surface area contributed by atoms with Crippen LogP contribution in [0.15, 0.2) is 54.6 Å². The van der Waals surface area contributed by atoms with E-state index in [4.69, 9.17) is 9.47 Å². The van der Waals surface area contributed by atoms with Crippen LogP contribution < -0.4 is 25.4 Å². The Morgan fingerprint density at radius 2 is 1.26 bits per heavy atom. The molecule has 0 atom stereocenters. The fraction of sp³-hybridized carbons (Fsp3) is 0.300. The Kier molecular flexibility index (Phi) is 10.1. The molecule has 3 N–H and O–H groups in total. The summed E-state index contributed by atoms with van der Waals surface area (Å²) in [4.78, 5) is 41.4. The Balaban J connectivity index is 1.91. The number of ether oxygens (including phenoxy) is 2. The summed E-state index contributed by atoms with van der Waals surface area (Å²) in [7, 11) is 6.93. The van der Waals surface area contributed by atoms with Crippen LogP contribution in [0.25, 0.3) is 0 Å². The number of benzene rings is 3. The third-order valence-electron chi connectivity index (χ3n) is 6.04. The number of nitrogens with one attached hydrogen (secondary N) is 3. The summed E-state index contributed by atoms with van der Waals surface area (Å²) < 4.78 is 10.8. The molecule has 0 fully saturated rings. The lowest BCUT2D eigenvalue weighted by Gasteiger charge is -2.16. The predicted octanol–water partition coefficient (Wildman–Crippen LogP) is 4.51. The van der Waals surface area contributed by atoms with Gasteiger partial charge in [0.15, 0.2) is 0 Å². The van der Waals surface area contributed by atoms with Crippen molar-refractivity contribution in [2.45, 2.75) is 20.3 Å². The van der Waals surface area contributed by atoms with Crippen molar-refractivity contribution < 1.29 is 23.9 Å². The lowest BCUT2D eigenvalue weighted by atomic mass is 10.1. The number of methoxy groups -OCH3 is 2. The molecule has 0 radical (unpaired) electrons. The molecule has 0 aliphatic heterocycles. The lowest BCUT2D eigenvalue weighted by Crippen LogP contribution is -2.28. The van der Waals surface area contributed by atoms with E-state index in [0.29, 0.717) is 34.9 Å². The minimum Gasteiger partial charge on any atom is -0.496 e. The zero-order valence-corrected chi connectivity index (χ0v) is 23.3. The number of hydrogen-bond acceptors (Lipinski definition) is 6. The highest BCUT2D eigenvalue weighted by atomic mass is 16.5. The van der Waals surface area contributed by atoms with E-state index in [2.05, 4.69) is 16.0 Å². The SMILES string of the molecule is COc1cc(C)ccc1C(=O)Nc1ccc(C(=O)NCCCN(C)C)c(NC(=O)c2ccc(C)cc2OC)c1. The Bertz CT molecular complexity index is 1350. The van der Waals surface area contributed by atoms with E-state index in [1.54, 1.807) is 48.5 Å². The van der Waals surface area contributed by atoms with Gasteiger partial charge >= 0.3 is 0 Å². The lowest BCUT2D eigenvalue weighted by molar-refractivity contribution is 0.0952. The topological polar surface area (TPSA) is 109 Å². The van der Waals surface area contributed by atoms with Crippen LogP contribution >= 0.6 is 0 Å². The highest BCUT2D eigenvalue weighted by Crippen LogP contribution is 2.27. The van der Waals surface area contributed by atoms with E-state index in [9.17, 15) is 14.4 Å². The molecule has 3 amide bonds. The van der Waals surface area contributed by atoms with Crippen molar-refractivity contribution >= 4 is 29.1 Å². The number of nitrogens with zero attached hydrogens (tertiary/aromatic N) is 1. The summed E-state index contributed by atoms with van der Waals surface area (Å²) >= 11 is 0. The molecular weight excluding hydrogens is 496 g/mol. The number of aryl methyl sites for hydroxylation is 2. The molecule has 3 rings (SSSR count). The van der Waals surface area contributed by atoms with E-state index >= 15 is 0 Å². The van der Waals surface area contributed by atoms with Crippen molar-refractivity contribution in [3.05, 3.63) is 82.4 Å². The van der Waals surface area contributed by atoms with Crippen molar-refractivity contribution in [1.29, 1.82) is 0 Å². The van der Waals surface area contributed by atoms with E-state index in [1.165, 1.54) is 14.2 Å². The standard InChI is InChI=1S/C30H36N4O5/c1-19-8-11-23(26(16-19)38-5)29(36)32-21-10-13-22(28(35)31-14-7-15-34(3)4)25(18-21)33-30(37)24-12-9-20(2)17-27(24)39-6/h8-13,16-18H,7,14-15H2,1-6H3,(H,31,35)(H,32,36)(H,33,37). The van der Waals surface area contributed by atoms with Crippen LogP contribution in [0.2, 0.25) is 0 Å². The van der Waals surface area contributed by atoms with Crippen LogP contribution in [0.5, 0.6) is 11.5 Å². The first-order chi connectivity index (χ1) is 18.6. The smallest absolute Gasteiger partial charge is 0.259 e. The summed E-state index contributed by atoms with van der Waals surface area (Å²) in [5.41, 5.74) is 3.50. The molecule has 9 heteroatoms. The maximum Gasteiger partial charge on any atom is 0.259 e. The normalized spacial score (nSPS) is 10.6. The van der Waals surface area contributed by atoms with Crippen LogP contribution in [0, 0.1) is 13.8 Å². The molecule has 0 heterocycles. The van der Waals surface area contributed by atoms with Gasteiger partial charge in [-0.3, -0.25) is 14.4 Å². The molecule has 206 valence electrons. The van der Waals surface area contributed by atoms with Gasteiger partial charge in [-0.15, -0.1) is 0 Å². The van der Waals surface area contributed by atoms with Gasteiger partial charge in [0.25, 0.3) is 17.7 Å². The third kappa shape index (κ3) is 7.81. The van der Waals surface area contributed by atoms with Crippen LogP contribution in [0.3, 0.4) is 0 Å². The maximum absolute atomic E-state index is 13.3. The van der Waals surface area contributed by atoms with Crippen LogP contribution in [-0.2, 0) is 0 Å². The second-order valence-corrected chi connectivity index (χ2v) is 9.49. The number of anilines is 2. The Hall–Kier alpha value is -4.37. The number of hydrogen-bond donors (Lipinski definition) is 3. The van der Waals surface area contributed by atoms with E-state index in [1.807, 2.05) is 38.9 Å². The summed E-state index contributed by atoms with van der Waals surface area (Å²) in [6.45, 7) is 5.11. The molecule has 0 bridgehead atoms. The zero-order chi connectivity index (χ0) is 28.5. The number of carbonyl (C=O) groups is 3. The minimum atomic E-state index is -0.447. The molecule has 0 aromatic heterocycles. The van der Waals surface area contributed by atoms with Gasteiger partial charge in [-0.2, -0.15) is 0 Å². The van der Waals surface area contributed by atoms with E-state index in [0.717, 1.165) is 24.1 Å². The van der Waals surface area contributed by atoms with Crippen molar-refractivity contribution in [2.75, 3.05) is 52.0 Å². The fourth-order valence-electron chi connectivity index (χ4n) is 3.98. The second-order valence-electron chi connectivity index (χ2n) is 9.49. The summed E-state index contributed by atoms with van der Waals surface area (Å²) in [5.74, 6) is -0.306. The first-order valence-electron chi connectivity index (χ1n) is 12.6. The number of rotatable bonds is 11.